The summed E-state index contributed by atoms with van der Waals surface area (Å²) < 4.78 is 0. The van der Waals surface area contributed by atoms with E-state index in [-0.39, 0.29) is 5.78 Å². The molecule has 0 aliphatic rings. The highest BCUT2D eigenvalue weighted by Gasteiger charge is 2.13. The minimum atomic E-state index is 0.267. The van der Waals surface area contributed by atoms with Gasteiger partial charge in [0.25, 0.3) is 0 Å². The predicted octanol–water partition coefficient (Wildman–Crippen LogP) is 4.69. The molecular weight excluding hydrogens is 244 g/mol. The van der Waals surface area contributed by atoms with Gasteiger partial charge in [-0.1, -0.05) is 60.2 Å². The van der Waals surface area contributed by atoms with Crippen LogP contribution in [0.25, 0.3) is 0 Å². The van der Waals surface area contributed by atoms with Crippen LogP contribution in [-0.2, 0) is 11.2 Å². The second-order valence-electron chi connectivity index (χ2n) is 5.54. The molecule has 2 aromatic carbocycles. The van der Waals surface area contributed by atoms with Crippen LogP contribution in [0.3, 0.4) is 0 Å². The third-order valence-electron chi connectivity index (χ3n) is 3.71. The molecule has 0 saturated carbocycles. The van der Waals surface area contributed by atoms with Crippen LogP contribution in [0.2, 0.25) is 0 Å². The molecule has 1 heteroatoms. The van der Waals surface area contributed by atoms with E-state index in [1.165, 1.54) is 16.7 Å². The van der Waals surface area contributed by atoms with E-state index in [9.17, 15) is 4.79 Å². The maximum atomic E-state index is 11.5. The molecule has 0 radical (unpaired) electrons. The first-order valence-corrected chi connectivity index (χ1v) is 7.25. The van der Waals surface area contributed by atoms with E-state index in [4.69, 9.17) is 0 Å². The number of Topliss-reactive ketones (excluding diaryl/α,β-unsaturated/α-hetero) is 1. The van der Waals surface area contributed by atoms with Gasteiger partial charge in [0.1, 0.15) is 5.78 Å². The Morgan fingerprint density at radius 2 is 1.65 bits per heavy atom. The summed E-state index contributed by atoms with van der Waals surface area (Å²) in [4.78, 5) is 11.5. The van der Waals surface area contributed by atoms with Gasteiger partial charge >= 0.3 is 0 Å². The molecule has 0 aliphatic carbocycles. The third kappa shape index (κ3) is 4.34. The lowest BCUT2D eigenvalue weighted by Crippen LogP contribution is -2.06. The minimum absolute atomic E-state index is 0.267. The first-order chi connectivity index (χ1) is 9.65. The van der Waals surface area contributed by atoms with Gasteiger partial charge in [-0.25, -0.2) is 0 Å². The molecule has 0 saturated heterocycles. The number of rotatable bonds is 6. The van der Waals surface area contributed by atoms with E-state index in [2.05, 4.69) is 55.5 Å². The normalized spacial score (nSPS) is 12.1. The SMILES string of the molecule is CC(=O)CC(CCc1ccccc1)c1ccc(C)cc1. The van der Waals surface area contributed by atoms with Gasteiger partial charge in [0.2, 0.25) is 0 Å². The highest BCUT2D eigenvalue weighted by atomic mass is 16.1. The standard InChI is InChI=1S/C19H22O/c1-15-8-11-18(12-9-15)19(14-16(2)20)13-10-17-6-4-3-5-7-17/h3-9,11-12,19H,10,13-14H2,1-2H3. The molecule has 2 rings (SSSR count). The number of carbonyl (C=O) groups excluding carboxylic acids is 1. The van der Waals surface area contributed by atoms with Crippen LogP contribution in [-0.4, -0.2) is 5.78 Å². The molecule has 0 aliphatic heterocycles. The van der Waals surface area contributed by atoms with E-state index in [0.29, 0.717) is 12.3 Å². The maximum Gasteiger partial charge on any atom is 0.130 e. The van der Waals surface area contributed by atoms with Crippen molar-refractivity contribution in [2.45, 2.75) is 39.0 Å². The van der Waals surface area contributed by atoms with Gasteiger partial charge in [0.05, 0.1) is 0 Å². The molecule has 0 aromatic heterocycles. The molecule has 2 aromatic rings. The van der Waals surface area contributed by atoms with E-state index >= 15 is 0 Å². The topological polar surface area (TPSA) is 17.1 Å². The quantitative estimate of drug-likeness (QED) is 0.741. The summed E-state index contributed by atoms with van der Waals surface area (Å²) >= 11 is 0. The number of ketones is 1. The van der Waals surface area contributed by atoms with Gasteiger partial charge in [-0.2, -0.15) is 0 Å². The Labute approximate surface area is 121 Å². The zero-order valence-electron chi connectivity index (χ0n) is 12.3. The molecule has 0 spiro atoms. The van der Waals surface area contributed by atoms with Crippen molar-refractivity contribution >= 4 is 5.78 Å². The van der Waals surface area contributed by atoms with Gasteiger partial charge in [-0.05, 0) is 43.7 Å². The summed E-state index contributed by atoms with van der Waals surface area (Å²) in [5.74, 6) is 0.594. The minimum Gasteiger partial charge on any atom is -0.300 e. The second kappa shape index (κ2) is 7.04. The Balaban J connectivity index is 2.07. The average Bonchev–Trinajstić information content (AvgIpc) is 2.45. The van der Waals surface area contributed by atoms with E-state index in [1.807, 2.05) is 6.07 Å². The molecular formula is C19H22O. The molecule has 0 bridgehead atoms. The number of carbonyl (C=O) groups is 1. The lowest BCUT2D eigenvalue weighted by Gasteiger charge is -2.16. The molecule has 0 heterocycles. The zero-order valence-corrected chi connectivity index (χ0v) is 12.3. The fourth-order valence-corrected chi connectivity index (χ4v) is 2.56. The number of hydrogen-bond donors (Lipinski definition) is 0. The summed E-state index contributed by atoms with van der Waals surface area (Å²) in [7, 11) is 0. The molecule has 20 heavy (non-hydrogen) atoms. The van der Waals surface area contributed by atoms with Crippen LogP contribution in [0, 0.1) is 6.92 Å². The van der Waals surface area contributed by atoms with Crippen molar-refractivity contribution in [1.82, 2.24) is 0 Å². The van der Waals surface area contributed by atoms with Crippen LogP contribution in [0.5, 0.6) is 0 Å². The summed E-state index contributed by atoms with van der Waals surface area (Å²) in [6.45, 7) is 3.78. The van der Waals surface area contributed by atoms with Crippen molar-refractivity contribution in [1.29, 1.82) is 0 Å². The summed E-state index contributed by atoms with van der Waals surface area (Å²) in [5, 5.41) is 0. The molecule has 1 atom stereocenters. The number of benzene rings is 2. The largest absolute Gasteiger partial charge is 0.300 e. The number of hydrogen-bond acceptors (Lipinski definition) is 1. The number of aryl methyl sites for hydroxylation is 2. The van der Waals surface area contributed by atoms with Gasteiger partial charge in [-0.15, -0.1) is 0 Å². The zero-order chi connectivity index (χ0) is 14.4. The summed E-state index contributed by atoms with van der Waals surface area (Å²) in [5.41, 5.74) is 3.88. The van der Waals surface area contributed by atoms with Crippen molar-refractivity contribution in [3.8, 4) is 0 Å². The molecule has 0 N–H and O–H groups in total. The fourth-order valence-electron chi connectivity index (χ4n) is 2.56. The van der Waals surface area contributed by atoms with E-state index in [1.54, 1.807) is 6.92 Å². The lowest BCUT2D eigenvalue weighted by molar-refractivity contribution is -0.117. The predicted molar refractivity (Wildman–Crippen MR) is 84.0 cm³/mol. The average molecular weight is 266 g/mol. The van der Waals surface area contributed by atoms with Crippen molar-refractivity contribution < 1.29 is 4.79 Å². The first kappa shape index (κ1) is 14.5. The molecule has 104 valence electrons. The third-order valence-corrected chi connectivity index (χ3v) is 3.71. The summed E-state index contributed by atoms with van der Waals surface area (Å²) in [6.07, 6.45) is 2.68. The van der Waals surface area contributed by atoms with E-state index < -0.39 is 0 Å². The molecule has 1 nitrogen and oxygen atoms in total. The van der Waals surface area contributed by atoms with E-state index in [0.717, 1.165) is 12.8 Å². The van der Waals surface area contributed by atoms with Crippen LogP contribution >= 0.6 is 0 Å². The lowest BCUT2D eigenvalue weighted by atomic mass is 9.88. The van der Waals surface area contributed by atoms with Crippen molar-refractivity contribution in [2.24, 2.45) is 0 Å². The highest BCUT2D eigenvalue weighted by molar-refractivity contribution is 5.76. The van der Waals surface area contributed by atoms with Crippen LogP contribution in [0.1, 0.15) is 42.4 Å². The van der Waals surface area contributed by atoms with Crippen LogP contribution in [0.15, 0.2) is 54.6 Å². The monoisotopic (exact) mass is 266 g/mol. The van der Waals surface area contributed by atoms with Gasteiger partial charge in [0, 0.05) is 6.42 Å². The van der Waals surface area contributed by atoms with Gasteiger partial charge in [-0.3, -0.25) is 0 Å². The first-order valence-electron chi connectivity index (χ1n) is 7.25. The summed E-state index contributed by atoms with van der Waals surface area (Å²) in [6, 6.07) is 19.1. The molecule has 0 fully saturated rings. The van der Waals surface area contributed by atoms with Crippen molar-refractivity contribution in [3.63, 3.8) is 0 Å². The smallest absolute Gasteiger partial charge is 0.130 e. The molecule has 1 unspecified atom stereocenters. The van der Waals surface area contributed by atoms with Crippen LogP contribution in [0.4, 0.5) is 0 Å². The van der Waals surface area contributed by atoms with Gasteiger partial charge in [0.15, 0.2) is 0 Å². The highest BCUT2D eigenvalue weighted by Crippen LogP contribution is 2.26. The van der Waals surface area contributed by atoms with Crippen molar-refractivity contribution in [2.75, 3.05) is 0 Å². The Kier molecular flexibility index (Phi) is 5.11. The molecule has 0 amide bonds. The fraction of sp³-hybridized carbons (Fsp3) is 0.316. The Bertz CT molecular complexity index is 540. The van der Waals surface area contributed by atoms with Crippen molar-refractivity contribution in [3.05, 3.63) is 71.3 Å². The van der Waals surface area contributed by atoms with Gasteiger partial charge < -0.3 is 4.79 Å². The Morgan fingerprint density at radius 3 is 2.25 bits per heavy atom. The van der Waals surface area contributed by atoms with Crippen LogP contribution < -0.4 is 0 Å². The maximum absolute atomic E-state index is 11.5. The Hall–Kier alpha value is -1.89. The Morgan fingerprint density at radius 1 is 1.00 bits per heavy atom. The second-order valence-corrected chi connectivity index (χ2v) is 5.54.